The molecule has 0 aromatic carbocycles. The van der Waals surface area contributed by atoms with Crippen LogP contribution in [0.1, 0.15) is 5.82 Å². The van der Waals surface area contributed by atoms with Gasteiger partial charge in [0, 0.05) is 7.05 Å². The summed E-state index contributed by atoms with van der Waals surface area (Å²) in [5, 5.41) is 15.0. The van der Waals surface area contributed by atoms with Crippen LogP contribution in [0.25, 0.3) is 0 Å². The van der Waals surface area contributed by atoms with Crippen molar-refractivity contribution >= 4 is 21.9 Å². The molecule has 2 heterocycles. The average Bonchev–Trinajstić information content (AvgIpc) is 2.62. The van der Waals surface area contributed by atoms with E-state index in [-0.39, 0.29) is 5.95 Å². The molecule has 0 saturated carbocycles. The number of anilines is 1. The van der Waals surface area contributed by atoms with Crippen molar-refractivity contribution in [3.8, 4) is 0 Å². The third-order valence-corrected chi connectivity index (χ3v) is 2.23. The predicted octanol–water partition coefficient (Wildman–Crippen LogP) is -0.805. The molecule has 0 aliphatic heterocycles. The molecule has 0 amide bonds. The van der Waals surface area contributed by atoms with Gasteiger partial charge in [0.2, 0.25) is 5.95 Å². The number of tetrazole rings is 1. The Morgan fingerprint density at radius 1 is 1.50 bits per heavy atom. The first-order valence-electron chi connectivity index (χ1n) is 3.74. The fourth-order valence-electron chi connectivity index (χ4n) is 0.956. The first kappa shape index (κ1) is 9.06. The van der Waals surface area contributed by atoms with Gasteiger partial charge in [0.25, 0.3) is 0 Å². The minimum atomic E-state index is 0.215. The molecular weight excluding hydrogens is 252 g/mol. The number of halogens is 1. The zero-order valence-electron chi connectivity index (χ0n) is 7.29. The second-order valence-electron chi connectivity index (χ2n) is 2.62. The molecule has 14 heavy (non-hydrogen) atoms. The van der Waals surface area contributed by atoms with Crippen LogP contribution < -0.4 is 5.73 Å². The normalized spacial score (nSPS) is 10.7. The SMILES string of the molecule is Cn1nnnc1Cn1nc(N)nc1Br. The lowest BCUT2D eigenvalue weighted by Gasteiger charge is -1.98. The first-order chi connectivity index (χ1) is 6.66. The van der Waals surface area contributed by atoms with E-state index in [4.69, 9.17) is 5.73 Å². The van der Waals surface area contributed by atoms with E-state index in [0.717, 1.165) is 0 Å². The number of nitrogens with two attached hydrogens (primary N) is 1. The maximum Gasteiger partial charge on any atom is 0.240 e. The Bertz CT molecular complexity index is 444. The van der Waals surface area contributed by atoms with E-state index >= 15 is 0 Å². The summed E-state index contributed by atoms with van der Waals surface area (Å²) in [6, 6.07) is 0. The molecule has 0 bridgehead atoms. The van der Waals surface area contributed by atoms with Crippen LogP contribution in [0.2, 0.25) is 0 Å². The minimum absolute atomic E-state index is 0.215. The molecule has 0 aliphatic rings. The van der Waals surface area contributed by atoms with E-state index in [0.29, 0.717) is 17.1 Å². The van der Waals surface area contributed by atoms with Gasteiger partial charge in [-0.15, -0.1) is 10.2 Å². The van der Waals surface area contributed by atoms with Gasteiger partial charge in [0.1, 0.15) is 6.54 Å². The van der Waals surface area contributed by atoms with E-state index in [9.17, 15) is 0 Å². The van der Waals surface area contributed by atoms with Crippen molar-refractivity contribution < 1.29 is 0 Å². The summed E-state index contributed by atoms with van der Waals surface area (Å²) in [5.74, 6) is 0.891. The molecule has 9 heteroatoms. The van der Waals surface area contributed by atoms with Crippen LogP contribution in [0, 0.1) is 0 Å². The van der Waals surface area contributed by atoms with Crippen LogP contribution in [0.15, 0.2) is 4.73 Å². The van der Waals surface area contributed by atoms with Gasteiger partial charge >= 0.3 is 0 Å². The maximum absolute atomic E-state index is 5.41. The zero-order valence-corrected chi connectivity index (χ0v) is 8.88. The Morgan fingerprint density at radius 3 is 2.79 bits per heavy atom. The van der Waals surface area contributed by atoms with Crippen LogP contribution in [-0.2, 0) is 13.6 Å². The van der Waals surface area contributed by atoms with Crippen molar-refractivity contribution in [2.75, 3.05) is 5.73 Å². The van der Waals surface area contributed by atoms with Crippen LogP contribution in [-0.4, -0.2) is 35.0 Å². The molecule has 0 unspecified atom stereocenters. The van der Waals surface area contributed by atoms with Gasteiger partial charge < -0.3 is 5.73 Å². The highest BCUT2D eigenvalue weighted by Crippen LogP contribution is 2.08. The van der Waals surface area contributed by atoms with Crippen molar-refractivity contribution in [2.24, 2.45) is 7.05 Å². The van der Waals surface area contributed by atoms with Gasteiger partial charge in [0.05, 0.1) is 0 Å². The molecule has 0 atom stereocenters. The second-order valence-corrected chi connectivity index (χ2v) is 3.32. The Kier molecular flexibility index (Phi) is 2.15. The summed E-state index contributed by atoms with van der Waals surface area (Å²) in [5.41, 5.74) is 5.41. The largest absolute Gasteiger partial charge is 0.366 e. The summed E-state index contributed by atoms with van der Waals surface area (Å²) in [6.07, 6.45) is 0. The number of aromatic nitrogens is 7. The molecule has 8 nitrogen and oxygen atoms in total. The van der Waals surface area contributed by atoms with Gasteiger partial charge in [-0.25, -0.2) is 9.36 Å². The van der Waals surface area contributed by atoms with E-state index in [2.05, 4.69) is 41.5 Å². The van der Waals surface area contributed by atoms with Gasteiger partial charge in [-0.3, -0.25) is 0 Å². The van der Waals surface area contributed by atoms with Gasteiger partial charge in [-0.05, 0) is 26.4 Å². The fraction of sp³-hybridized carbons (Fsp3) is 0.400. The third kappa shape index (κ3) is 1.58. The minimum Gasteiger partial charge on any atom is -0.366 e. The lowest BCUT2D eigenvalue weighted by molar-refractivity contribution is 0.596. The molecule has 2 aromatic heterocycles. The van der Waals surface area contributed by atoms with Gasteiger partial charge in [-0.1, -0.05) is 0 Å². The quantitative estimate of drug-likeness (QED) is 0.757. The highest BCUT2D eigenvalue weighted by Gasteiger charge is 2.08. The molecule has 0 saturated heterocycles. The first-order valence-corrected chi connectivity index (χ1v) is 4.53. The maximum atomic E-state index is 5.41. The number of aryl methyl sites for hydroxylation is 1. The Labute approximate surface area is 87.2 Å². The average molecular weight is 259 g/mol. The monoisotopic (exact) mass is 258 g/mol. The van der Waals surface area contributed by atoms with Crippen LogP contribution in [0.4, 0.5) is 5.95 Å². The van der Waals surface area contributed by atoms with Crippen LogP contribution in [0.3, 0.4) is 0 Å². The highest BCUT2D eigenvalue weighted by molar-refractivity contribution is 9.10. The highest BCUT2D eigenvalue weighted by atomic mass is 79.9. The van der Waals surface area contributed by atoms with E-state index in [1.54, 1.807) is 16.4 Å². The van der Waals surface area contributed by atoms with Crippen LogP contribution >= 0.6 is 15.9 Å². The molecule has 2 rings (SSSR count). The molecule has 2 N–H and O–H groups in total. The molecule has 0 aliphatic carbocycles. The molecule has 0 radical (unpaired) electrons. The van der Waals surface area contributed by atoms with Crippen molar-refractivity contribution in [3.63, 3.8) is 0 Å². The van der Waals surface area contributed by atoms with E-state index in [1.165, 1.54) is 0 Å². The number of hydrogen-bond donors (Lipinski definition) is 1. The Balaban J connectivity index is 2.27. The summed E-state index contributed by atoms with van der Waals surface area (Å²) < 4.78 is 3.68. The van der Waals surface area contributed by atoms with Crippen molar-refractivity contribution in [2.45, 2.75) is 6.54 Å². The molecule has 2 aromatic rings. The topological polar surface area (TPSA) is 100 Å². The smallest absolute Gasteiger partial charge is 0.240 e. The zero-order chi connectivity index (χ0) is 10.1. The van der Waals surface area contributed by atoms with E-state index < -0.39 is 0 Å². The lowest BCUT2D eigenvalue weighted by atomic mass is 10.6. The van der Waals surface area contributed by atoms with Gasteiger partial charge in [0.15, 0.2) is 10.6 Å². The molecule has 0 fully saturated rings. The number of nitrogen functional groups attached to an aromatic ring is 1. The number of rotatable bonds is 2. The molecule has 0 spiro atoms. The van der Waals surface area contributed by atoms with E-state index in [1.807, 2.05) is 0 Å². The summed E-state index contributed by atoms with van der Waals surface area (Å²) >= 11 is 3.22. The summed E-state index contributed by atoms with van der Waals surface area (Å²) in [7, 11) is 1.75. The number of nitrogens with zero attached hydrogens (tertiary/aromatic N) is 7. The Hall–Kier alpha value is -1.51. The van der Waals surface area contributed by atoms with Crippen molar-refractivity contribution in [1.82, 2.24) is 35.0 Å². The fourth-order valence-corrected chi connectivity index (χ4v) is 1.34. The second kappa shape index (κ2) is 3.33. The van der Waals surface area contributed by atoms with Crippen molar-refractivity contribution in [1.29, 1.82) is 0 Å². The number of hydrogen-bond acceptors (Lipinski definition) is 6. The van der Waals surface area contributed by atoms with Gasteiger partial charge in [-0.2, -0.15) is 4.98 Å². The standard InChI is InChI=1S/C5H7BrN8/c1-13-3(9-11-12-13)2-14-4(6)8-5(7)10-14/h2H2,1H3,(H2,7,10). The molecule has 74 valence electrons. The van der Waals surface area contributed by atoms with Crippen LogP contribution in [0.5, 0.6) is 0 Å². The molecular formula is C5H7BrN8. The lowest BCUT2D eigenvalue weighted by Crippen LogP contribution is -2.08. The summed E-state index contributed by atoms with van der Waals surface area (Å²) in [4.78, 5) is 3.89. The summed E-state index contributed by atoms with van der Waals surface area (Å²) in [6.45, 7) is 0.425. The third-order valence-electron chi connectivity index (χ3n) is 1.64. The predicted molar refractivity (Wildman–Crippen MR) is 50.0 cm³/mol. The Morgan fingerprint density at radius 2 is 2.29 bits per heavy atom. The van der Waals surface area contributed by atoms with Crippen molar-refractivity contribution in [3.05, 3.63) is 10.6 Å².